The van der Waals surface area contributed by atoms with Gasteiger partial charge in [0.25, 0.3) is 0 Å². The predicted octanol–water partition coefficient (Wildman–Crippen LogP) is 1.32. The van der Waals surface area contributed by atoms with E-state index in [1.807, 2.05) is 23.9 Å². The van der Waals surface area contributed by atoms with Crippen LogP contribution in [0.15, 0.2) is 24.5 Å². The molecule has 1 aliphatic rings. The van der Waals surface area contributed by atoms with Crippen LogP contribution in [0.2, 0.25) is 0 Å². The van der Waals surface area contributed by atoms with Crippen molar-refractivity contribution in [1.29, 1.82) is 0 Å². The summed E-state index contributed by atoms with van der Waals surface area (Å²) >= 11 is 0. The van der Waals surface area contributed by atoms with Crippen molar-refractivity contribution in [2.24, 2.45) is 5.73 Å². The minimum Gasteiger partial charge on any atom is -0.358 e. The summed E-state index contributed by atoms with van der Waals surface area (Å²) in [5.74, 6) is 2.30. The highest BCUT2D eigenvalue weighted by molar-refractivity contribution is 5.40. The molecule has 6 nitrogen and oxygen atoms in total. The molecule has 0 saturated heterocycles. The van der Waals surface area contributed by atoms with Gasteiger partial charge in [-0.1, -0.05) is 0 Å². The largest absolute Gasteiger partial charge is 0.358 e. The van der Waals surface area contributed by atoms with E-state index < -0.39 is 0 Å². The molecule has 0 aliphatic heterocycles. The van der Waals surface area contributed by atoms with E-state index in [2.05, 4.69) is 33.1 Å². The lowest BCUT2D eigenvalue weighted by Gasteiger charge is -2.32. The van der Waals surface area contributed by atoms with Crippen LogP contribution in [0.1, 0.15) is 30.3 Å². The Morgan fingerprint density at radius 2 is 2.19 bits per heavy atom. The third-order valence-electron chi connectivity index (χ3n) is 4.05. The molecular formula is C15H22N6. The summed E-state index contributed by atoms with van der Waals surface area (Å²) in [6.07, 6.45) is 5.84. The summed E-state index contributed by atoms with van der Waals surface area (Å²) in [5, 5.41) is 4.22. The minimum atomic E-state index is 0.339. The lowest BCUT2D eigenvalue weighted by molar-refractivity contribution is 0.344. The zero-order valence-corrected chi connectivity index (χ0v) is 12.6. The van der Waals surface area contributed by atoms with Gasteiger partial charge in [-0.2, -0.15) is 5.10 Å². The first-order chi connectivity index (χ1) is 10.1. The van der Waals surface area contributed by atoms with Gasteiger partial charge in [-0.25, -0.2) is 9.97 Å². The highest BCUT2D eigenvalue weighted by Gasteiger charge is 2.29. The van der Waals surface area contributed by atoms with Gasteiger partial charge in [-0.15, -0.1) is 0 Å². The van der Waals surface area contributed by atoms with Crippen molar-refractivity contribution in [1.82, 2.24) is 19.7 Å². The van der Waals surface area contributed by atoms with E-state index in [0.29, 0.717) is 12.0 Å². The average molecular weight is 286 g/mol. The predicted molar refractivity (Wildman–Crippen MR) is 82.2 cm³/mol. The Morgan fingerprint density at radius 1 is 1.38 bits per heavy atom. The summed E-state index contributed by atoms with van der Waals surface area (Å²) in [6, 6.07) is 4.38. The van der Waals surface area contributed by atoms with Gasteiger partial charge in [0, 0.05) is 49.7 Å². The highest BCUT2D eigenvalue weighted by Crippen LogP contribution is 2.35. The molecule has 2 aromatic rings. The number of hydrogen-bond donors (Lipinski definition) is 1. The standard InChI is InChI=1S/C15H22N6/c1-11-18-14(12-8-13(16)9-12)10-15(19-11)20(2)6-7-21-5-3-4-17-21/h3-5,10,12-13H,6-9,16H2,1-2H3. The summed E-state index contributed by atoms with van der Waals surface area (Å²) < 4.78 is 1.93. The van der Waals surface area contributed by atoms with E-state index in [4.69, 9.17) is 5.73 Å². The van der Waals surface area contributed by atoms with Crippen molar-refractivity contribution in [3.05, 3.63) is 36.0 Å². The van der Waals surface area contributed by atoms with Crippen molar-refractivity contribution in [2.75, 3.05) is 18.5 Å². The number of hydrogen-bond acceptors (Lipinski definition) is 5. The summed E-state index contributed by atoms with van der Waals surface area (Å²) in [7, 11) is 2.06. The third kappa shape index (κ3) is 3.21. The van der Waals surface area contributed by atoms with Gasteiger partial charge < -0.3 is 10.6 Å². The number of rotatable bonds is 5. The van der Waals surface area contributed by atoms with E-state index in [1.54, 1.807) is 6.20 Å². The molecule has 1 fully saturated rings. The number of aryl methyl sites for hydroxylation is 1. The molecule has 0 bridgehead atoms. The van der Waals surface area contributed by atoms with Crippen molar-refractivity contribution < 1.29 is 0 Å². The van der Waals surface area contributed by atoms with Gasteiger partial charge in [0.2, 0.25) is 0 Å². The third-order valence-corrected chi connectivity index (χ3v) is 4.05. The Bertz CT molecular complexity index is 588. The Balaban J connectivity index is 1.68. The molecule has 21 heavy (non-hydrogen) atoms. The number of nitrogens with zero attached hydrogens (tertiary/aromatic N) is 5. The van der Waals surface area contributed by atoms with Crippen LogP contribution < -0.4 is 10.6 Å². The molecule has 0 amide bonds. The first-order valence-electron chi connectivity index (χ1n) is 7.41. The first-order valence-corrected chi connectivity index (χ1v) is 7.41. The molecule has 112 valence electrons. The van der Waals surface area contributed by atoms with Gasteiger partial charge in [-0.3, -0.25) is 4.68 Å². The van der Waals surface area contributed by atoms with Crippen molar-refractivity contribution in [3.63, 3.8) is 0 Å². The number of likely N-dealkylation sites (N-methyl/N-ethyl adjacent to an activating group) is 1. The zero-order chi connectivity index (χ0) is 14.8. The quantitative estimate of drug-likeness (QED) is 0.897. The zero-order valence-electron chi connectivity index (χ0n) is 12.6. The molecular weight excluding hydrogens is 264 g/mol. The average Bonchev–Trinajstić information content (AvgIpc) is 2.94. The highest BCUT2D eigenvalue weighted by atomic mass is 15.3. The van der Waals surface area contributed by atoms with Gasteiger partial charge in [0.05, 0.1) is 6.54 Å². The van der Waals surface area contributed by atoms with Crippen LogP contribution >= 0.6 is 0 Å². The second kappa shape index (κ2) is 5.81. The lowest BCUT2D eigenvalue weighted by Crippen LogP contribution is -2.35. The molecule has 1 aliphatic carbocycles. The molecule has 1 saturated carbocycles. The SMILES string of the molecule is Cc1nc(C2CC(N)C2)cc(N(C)CCn2cccn2)n1. The molecule has 3 rings (SSSR count). The van der Waals surface area contributed by atoms with Gasteiger partial charge in [0.15, 0.2) is 0 Å². The number of aromatic nitrogens is 4. The number of anilines is 1. The van der Waals surface area contributed by atoms with Crippen LogP contribution in [-0.4, -0.2) is 39.4 Å². The summed E-state index contributed by atoms with van der Waals surface area (Å²) in [6.45, 7) is 3.66. The van der Waals surface area contributed by atoms with E-state index in [-0.39, 0.29) is 0 Å². The van der Waals surface area contributed by atoms with Crippen LogP contribution in [0.5, 0.6) is 0 Å². The van der Waals surface area contributed by atoms with E-state index in [1.165, 1.54) is 0 Å². The van der Waals surface area contributed by atoms with Crippen LogP contribution in [0.3, 0.4) is 0 Å². The van der Waals surface area contributed by atoms with Crippen LogP contribution in [-0.2, 0) is 6.54 Å². The van der Waals surface area contributed by atoms with Crippen molar-refractivity contribution in [2.45, 2.75) is 38.3 Å². The van der Waals surface area contributed by atoms with Gasteiger partial charge in [-0.05, 0) is 25.8 Å². The molecule has 2 aromatic heterocycles. The Kier molecular flexibility index (Phi) is 3.88. The van der Waals surface area contributed by atoms with Crippen molar-refractivity contribution >= 4 is 5.82 Å². The maximum absolute atomic E-state index is 5.88. The van der Waals surface area contributed by atoms with Crippen LogP contribution in [0.4, 0.5) is 5.82 Å². The second-order valence-corrected chi connectivity index (χ2v) is 5.82. The normalized spacial score (nSPS) is 21.1. The number of nitrogens with two attached hydrogens (primary N) is 1. The smallest absolute Gasteiger partial charge is 0.132 e. The maximum atomic E-state index is 5.88. The summed E-state index contributed by atoms with van der Waals surface area (Å²) in [5.41, 5.74) is 7.01. The molecule has 0 radical (unpaired) electrons. The van der Waals surface area contributed by atoms with Crippen LogP contribution in [0, 0.1) is 6.92 Å². The Hall–Kier alpha value is -1.95. The van der Waals surface area contributed by atoms with Gasteiger partial charge >= 0.3 is 0 Å². The van der Waals surface area contributed by atoms with Crippen LogP contribution in [0.25, 0.3) is 0 Å². The fourth-order valence-corrected chi connectivity index (χ4v) is 2.68. The second-order valence-electron chi connectivity index (χ2n) is 5.82. The Labute approximate surface area is 125 Å². The summed E-state index contributed by atoms with van der Waals surface area (Å²) in [4.78, 5) is 11.3. The monoisotopic (exact) mass is 286 g/mol. The molecule has 6 heteroatoms. The molecule has 2 N–H and O–H groups in total. The topological polar surface area (TPSA) is 72.9 Å². The molecule has 0 unspecified atom stereocenters. The van der Waals surface area contributed by atoms with Crippen molar-refractivity contribution in [3.8, 4) is 0 Å². The maximum Gasteiger partial charge on any atom is 0.132 e. The van der Waals surface area contributed by atoms with E-state index >= 15 is 0 Å². The van der Waals surface area contributed by atoms with E-state index in [0.717, 1.165) is 43.3 Å². The van der Waals surface area contributed by atoms with Gasteiger partial charge in [0.1, 0.15) is 11.6 Å². The molecule has 0 atom stereocenters. The molecule has 2 heterocycles. The fourth-order valence-electron chi connectivity index (χ4n) is 2.68. The molecule has 0 aromatic carbocycles. The minimum absolute atomic E-state index is 0.339. The lowest BCUT2D eigenvalue weighted by atomic mass is 9.78. The first kappa shape index (κ1) is 14.0. The fraction of sp³-hybridized carbons (Fsp3) is 0.533. The Morgan fingerprint density at radius 3 is 2.86 bits per heavy atom. The van der Waals surface area contributed by atoms with E-state index in [9.17, 15) is 0 Å². The molecule has 0 spiro atoms.